The predicted molar refractivity (Wildman–Crippen MR) is 56.4 cm³/mol. The molecule has 0 fully saturated rings. The van der Waals surface area contributed by atoms with Gasteiger partial charge in [-0.05, 0) is 24.3 Å². The van der Waals surface area contributed by atoms with Crippen LogP contribution < -0.4 is 0 Å². The number of nitrogens with zero attached hydrogens (tertiary/aromatic N) is 1. The van der Waals surface area contributed by atoms with E-state index in [2.05, 4.69) is 5.16 Å². The summed E-state index contributed by atoms with van der Waals surface area (Å²) in [7, 11) is 0. The highest BCUT2D eigenvalue weighted by atomic mass is 32.2. The van der Waals surface area contributed by atoms with Crippen molar-refractivity contribution in [3.8, 4) is 11.3 Å². The molecule has 0 spiro atoms. The number of hydrogen-bond acceptors (Lipinski definition) is 3. The Hall–Kier alpha value is -1.53. The van der Waals surface area contributed by atoms with Gasteiger partial charge in [0.25, 0.3) is 0 Å². The molecule has 2 rings (SSSR count). The van der Waals surface area contributed by atoms with E-state index in [9.17, 15) is 8.60 Å². The van der Waals surface area contributed by atoms with E-state index < -0.39 is 11.1 Å². The third kappa shape index (κ3) is 2.53. The van der Waals surface area contributed by atoms with Crippen LogP contribution in [0.2, 0.25) is 0 Å². The fourth-order valence-electron chi connectivity index (χ4n) is 1.26. The number of halogens is 1. The average Bonchev–Trinajstić information content (AvgIpc) is 2.66. The summed E-state index contributed by atoms with van der Waals surface area (Å²) in [6.07, 6.45) is 0. The third-order valence-electron chi connectivity index (χ3n) is 1.96. The van der Waals surface area contributed by atoms with Gasteiger partial charge < -0.3 is 9.08 Å². The van der Waals surface area contributed by atoms with Gasteiger partial charge in [0.15, 0.2) is 16.8 Å². The van der Waals surface area contributed by atoms with Gasteiger partial charge in [0.2, 0.25) is 0 Å². The van der Waals surface area contributed by atoms with Crippen LogP contribution in [0, 0.1) is 5.82 Å². The molecule has 4 nitrogen and oxygen atoms in total. The Bertz CT molecular complexity index is 509. The summed E-state index contributed by atoms with van der Waals surface area (Å²) >= 11 is -1.96. The molecular weight excluding hydrogens is 233 g/mol. The molecule has 0 aliphatic carbocycles. The molecule has 16 heavy (non-hydrogen) atoms. The number of aromatic nitrogens is 1. The summed E-state index contributed by atoms with van der Waals surface area (Å²) in [4.78, 5) is 0. The van der Waals surface area contributed by atoms with Crippen LogP contribution in [0.25, 0.3) is 11.3 Å². The Morgan fingerprint density at radius 2 is 2.06 bits per heavy atom. The zero-order valence-corrected chi connectivity index (χ0v) is 8.91. The molecule has 0 bridgehead atoms. The van der Waals surface area contributed by atoms with Gasteiger partial charge in [-0.1, -0.05) is 5.16 Å². The summed E-state index contributed by atoms with van der Waals surface area (Å²) in [6.45, 7) is 0. The van der Waals surface area contributed by atoms with Crippen LogP contribution in [0.1, 0.15) is 5.76 Å². The monoisotopic (exact) mass is 241 g/mol. The highest BCUT2D eigenvalue weighted by Gasteiger charge is 2.08. The smallest absolute Gasteiger partial charge is 0.160 e. The maximum absolute atomic E-state index is 12.7. The predicted octanol–water partition coefficient (Wildman–Crippen LogP) is 2.20. The first-order chi connectivity index (χ1) is 7.65. The van der Waals surface area contributed by atoms with E-state index in [0.29, 0.717) is 17.0 Å². The van der Waals surface area contributed by atoms with E-state index >= 15 is 0 Å². The minimum Gasteiger partial charge on any atom is -0.360 e. The molecule has 1 aromatic heterocycles. The van der Waals surface area contributed by atoms with Crippen LogP contribution in [0.5, 0.6) is 0 Å². The lowest BCUT2D eigenvalue weighted by molar-refractivity contribution is 0.394. The van der Waals surface area contributed by atoms with Crippen LogP contribution in [0.4, 0.5) is 4.39 Å². The van der Waals surface area contributed by atoms with Crippen molar-refractivity contribution in [2.24, 2.45) is 0 Å². The molecule has 1 aromatic carbocycles. The maximum atomic E-state index is 12.7. The number of hydrogen-bond donors (Lipinski definition) is 1. The lowest BCUT2D eigenvalue weighted by atomic mass is 10.1. The summed E-state index contributed by atoms with van der Waals surface area (Å²) in [5.41, 5.74) is 1.21. The molecule has 0 saturated heterocycles. The molecule has 6 heteroatoms. The highest BCUT2D eigenvalue weighted by molar-refractivity contribution is 7.78. The summed E-state index contributed by atoms with van der Waals surface area (Å²) < 4.78 is 36.7. The van der Waals surface area contributed by atoms with Crippen molar-refractivity contribution < 1.29 is 17.7 Å². The average molecular weight is 241 g/mol. The van der Waals surface area contributed by atoms with Crippen molar-refractivity contribution in [1.82, 2.24) is 5.16 Å². The van der Waals surface area contributed by atoms with Crippen molar-refractivity contribution >= 4 is 11.1 Å². The van der Waals surface area contributed by atoms with Crippen LogP contribution in [0.3, 0.4) is 0 Å². The first-order valence-corrected chi connectivity index (χ1v) is 5.72. The summed E-state index contributed by atoms with van der Waals surface area (Å²) in [5, 5.41) is 3.73. The molecule has 2 aromatic rings. The lowest BCUT2D eigenvalue weighted by Gasteiger charge is -1.93. The fraction of sp³-hybridized carbons (Fsp3) is 0.100. The first-order valence-electron chi connectivity index (χ1n) is 4.44. The topological polar surface area (TPSA) is 63.3 Å². The Balaban J connectivity index is 2.24. The Morgan fingerprint density at radius 3 is 2.69 bits per heavy atom. The highest BCUT2D eigenvalue weighted by Crippen LogP contribution is 2.19. The lowest BCUT2D eigenvalue weighted by Crippen LogP contribution is -1.89. The van der Waals surface area contributed by atoms with Crippen LogP contribution in [-0.2, 0) is 16.8 Å². The second-order valence-corrected chi connectivity index (χ2v) is 4.08. The van der Waals surface area contributed by atoms with E-state index in [1.54, 1.807) is 18.2 Å². The quantitative estimate of drug-likeness (QED) is 0.837. The van der Waals surface area contributed by atoms with Gasteiger partial charge in [-0.25, -0.2) is 8.60 Å². The maximum Gasteiger partial charge on any atom is 0.160 e. The second-order valence-electron chi connectivity index (χ2n) is 3.15. The van der Waals surface area contributed by atoms with Crippen molar-refractivity contribution in [2.75, 3.05) is 0 Å². The van der Waals surface area contributed by atoms with Gasteiger partial charge in [0.1, 0.15) is 17.3 Å². The van der Waals surface area contributed by atoms with Gasteiger partial charge in [-0.15, -0.1) is 0 Å². The molecular formula is C10H8FNO3S. The Kier molecular flexibility index (Phi) is 3.12. The molecule has 0 radical (unpaired) electrons. The second kappa shape index (κ2) is 4.54. The molecule has 0 aliphatic heterocycles. The third-order valence-corrected chi connectivity index (χ3v) is 2.50. The van der Waals surface area contributed by atoms with E-state index in [0.717, 1.165) is 0 Å². The fourth-order valence-corrected chi connectivity index (χ4v) is 1.64. The Labute approximate surface area is 93.4 Å². The largest absolute Gasteiger partial charge is 0.360 e. The Morgan fingerprint density at radius 1 is 1.38 bits per heavy atom. The zero-order valence-electron chi connectivity index (χ0n) is 8.09. The normalized spacial score (nSPS) is 12.6. The van der Waals surface area contributed by atoms with E-state index in [-0.39, 0.29) is 11.6 Å². The summed E-state index contributed by atoms with van der Waals surface area (Å²) in [6, 6.07) is 7.31. The number of rotatable bonds is 3. The molecule has 0 saturated carbocycles. The van der Waals surface area contributed by atoms with Gasteiger partial charge >= 0.3 is 0 Å². The molecule has 0 aliphatic rings. The van der Waals surface area contributed by atoms with Gasteiger partial charge in [-0.3, -0.25) is 0 Å². The van der Waals surface area contributed by atoms with E-state index in [1.807, 2.05) is 0 Å². The van der Waals surface area contributed by atoms with E-state index in [1.165, 1.54) is 12.1 Å². The van der Waals surface area contributed by atoms with Gasteiger partial charge in [0.05, 0.1) is 0 Å². The van der Waals surface area contributed by atoms with Crippen molar-refractivity contribution in [3.63, 3.8) is 0 Å². The van der Waals surface area contributed by atoms with Gasteiger partial charge in [-0.2, -0.15) is 0 Å². The molecule has 1 heterocycles. The summed E-state index contributed by atoms with van der Waals surface area (Å²) in [5.74, 6) is -0.113. The molecule has 84 valence electrons. The van der Waals surface area contributed by atoms with Crippen molar-refractivity contribution in [1.29, 1.82) is 0 Å². The standard InChI is InChI=1S/C10H8FNO3S/c11-8-3-1-7(2-4-8)10-5-9(15-12-10)6-16(13)14/h1-5H,6H2,(H,13,14). The van der Waals surface area contributed by atoms with Crippen LogP contribution >= 0.6 is 0 Å². The SMILES string of the molecule is O=S(O)Cc1cc(-c2ccc(F)cc2)no1. The molecule has 1 N–H and O–H groups in total. The van der Waals surface area contributed by atoms with Crippen molar-refractivity contribution in [3.05, 3.63) is 41.9 Å². The molecule has 0 amide bonds. The minimum absolute atomic E-state index is 0.103. The van der Waals surface area contributed by atoms with Gasteiger partial charge in [0, 0.05) is 11.6 Å². The van der Waals surface area contributed by atoms with Crippen molar-refractivity contribution in [2.45, 2.75) is 5.75 Å². The van der Waals surface area contributed by atoms with Crippen LogP contribution in [0.15, 0.2) is 34.9 Å². The minimum atomic E-state index is -1.96. The van der Waals surface area contributed by atoms with E-state index in [4.69, 9.17) is 9.08 Å². The zero-order chi connectivity index (χ0) is 11.5. The molecule has 1 unspecified atom stereocenters. The van der Waals surface area contributed by atoms with Crippen LogP contribution in [-0.4, -0.2) is 13.9 Å². The number of benzene rings is 1. The first kappa shape index (κ1) is 11.0. The molecule has 1 atom stereocenters.